The molecule has 0 bridgehead atoms. The van der Waals surface area contributed by atoms with Crippen molar-refractivity contribution in [1.29, 1.82) is 0 Å². The minimum Gasteiger partial charge on any atom is -0.314 e. The summed E-state index contributed by atoms with van der Waals surface area (Å²) in [6.45, 7) is 4.22. The van der Waals surface area contributed by atoms with Crippen LogP contribution in [0.15, 0.2) is 4.34 Å². The van der Waals surface area contributed by atoms with Gasteiger partial charge in [0.2, 0.25) is 0 Å². The lowest BCUT2D eigenvalue weighted by Crippen LogP contribution is -2.44. The third kappa shape index (κ3) is 1.72. The first-order chi connectivity index (χ1) is 5.34. The molecule has 1 aromatic heterocycles. The lowest BCUT2D eigenvalue weighted by Gasteiger charge is -2.24. The van der Waals surface area contributed by atoms with Crippen LogP contribution in [-0.2, 0) is 0 Å². The molecule has 0 amide bonds. The summed E-state index contributed by atoms with van der Waals surface area (Å²) >= 11 is 3.51. The molecule has 60 valence electrons. The normalized spacial score (nSPS) is 18.3. The van der Waals surface area contributed by atoms with Crippen LogP contribution in [0.1, 0.15) is 5.01 Å². The van der Waals surface area contributed by atoms with Gasteiger partial charge in [-0.15, -0.1) is 10.2 Å². The number of thioether (sulfide) groups is 1. The van der Waals surface area contributed by atoms with Crippen LogP contribution in [0, 0.1) is 6.92 Å². The van der Waals surface area contributed by atoms with Crippen LogP contribution >= 0.6 is 23.1 Å². The average molecular weight is 187 g/mol. The van der Waals surface area contributed by atoms with E-state index in [1.807, 2.05) is 18.7 Å². The third-order valence-electron chi connectivity index (χ3n) is 1.52. The molecule has 3 nitrogen and oxygen atoms in total. The summed E-state index contributed by atoms with van der Waals surface area (Å²) < 4.78 is 1.11. The molecule has 0 aromatic carbocycles. The molecule has 2 rings (SSSR count). The minimum absolute atomic E-state index is 0.724. The Labute approximate surface area is 73.6 Å². The maximum absolute atomic E-state index is 4.04. The highest BCUT2D eigenvalue weighted by Gasteiger charge is 2.19. The van der Waals surface area contributed by atoms with Crippen molar-refractivity contribution in [3.63, 3.8) is 0 Å². The van der Waals surface area contributed by atoms with E-state index >= 15 is 0 Å². The summed E-state index contributed by atoms with van der Waals surface area (Å²) in [5.74, 6) is 0. The predicted octanol–water partition coefficient (Wildman–Crippen LogP) is 0.910. The first kappa shape index (κ1) is 7.52. The molecule has 0 atom stereocenters. The van der Waals surface area contributed by atoms with Crippen molar-refractivity contribution in [1.82, 2.24) is 15.5 Å². The Bertz CT molecular complexity index is 244. The molecule has 1 aliphatic rings. The monoisotopic (exact) mass is 187 g/mol. The summed E-state index contributed by atoms with van der Waals surface area (Å²) in [6, 6.07) is 0. The smallest absolute Gasteiger partial charge is 0.174 e. The second-order valence-corrected chi connectivity index (χ2v) is 5.21. The molecule has 1 N–H and O–H groups in total. The fourth-order valence-corrected chi connectivity index (χ4v) is 2.97. The van der Waals surface area contributed by atoms with Crippen LogP contribution in [0.5, 0.6) is 0 Å². The molecule has 0 radical (unpaired) electrons. The van der Waals surface area contributed by atoms with Gasteiger partial charge in [0.05, 0.1) is 0 Å². The van der Waals surface area contributed by atoms with Gasteiger partial charge < -0.3 is 5.32 Å². The molecule has 0 spiro atoms. The zero-order valence-corrected chi connectivity index (χ0v) is 7.84. The lowest BCUT2D eigenvalue weighted by atomic mass is 10.3. The van der Waals surface area contributed by atoms with Crippen LogP contribution in [0.3, 0.4) is 0 Å². The van der Waals surface area contributed by atoms with Crippen molar-refractivity contribution in [2.45, 2.75) is 16.5 Å². The molecule has 1 aliphatic heterocycles. The van der Waals surface area contributed by atoms with Gasteiger partial charge in [-0.3, -0.25) is 0 Å². The van der Waals surface area contributed by atoms with Crippen LogP contribution in [-0.4, -0.2) is 28.5 Å². The molecule has 1 aromatic rings. The number of rotatable bonds is 2. The highest BCUT2D eigenvalue weighted by Crippen LogP contribution is 2.27. The standard InChI is InChI=1S/C6H9N3S2/c1-4-8-9-6(10-4)11-5-2-7-3-5/h5,7H,2-3H2,1H3. The molecule has 0 unspecified atom stereocenters. The zero-order valence-electron chi connectivity index (χ0n) is 6.20. The average Bonchev–Trinajstić information content (AvgIpc) is 2.27. The molecular weight excluding hydrogens is 178 g/mol. The van der Waals surface area contributed by atoms with Gasteiger partial charge in [0.25, 0.3) is 0 Å². The van der Waals surface area contributed by atoms with E-state index in [2.05, 4.69) is 15.5 Å². The Morgan fingerprint density at radius 3 is 2.82 bits per heavy atom. The van der Waals surface area contributed by atoms with E-state index in [0.717, 1.165) is 27.7 Å². The van der Waals surface area contributed by atoms with E-state index < -0.39 is 0 Å². The second-order valence-electron chi connectivity index (χ2n) is 2.49. The van der Waals surface area contributed by atoms with Crippen molar-refractivity contribution >= 4 is 23.1 Å². The van der Waals surface area contributed by atoms with Crippen molar-refractivity contribution in [3.8, 4) is 0 Å². The number of aromatic nitrogens is 2. The van der Waals surface area contributed by atoms with Crippen LogP contribution in [0.2, 0.25) is 0 Å². The Morgan fingerprint density at radius 2 is 2.36 bits per heavy atom. The first-order valence-corrected chi connectivity index (χ1v) is 5.22. The van der Waals surface area contributed by atoms with E-state index in [9.17, 15) is 0 Å². The summed E-state index contributed by atoms with van der Waals surface area (Å²) in [4.78, 5) is 0. The summed E-state index contributed by atoms with van der Waals surface area (Å²) in [7, 11) is 0. The molecule has 0 aliphatic carbocycles. The van der Waals surface area contributed by atoms with E-state index in [4.69, 9.17) is 0 Å². The highest BCUT2D eigenvalue weighted by molar-refractivity contribution is 8.01. The van der Waals surface area contributed by atoms with Gasteiger partial charge in [-0.1, -0.05) is 23.1 Å². The van der Waals surface area contributed by atoms with Gasteiger partial charge in [-0.2, -0.15) is 0 Å². The van der Waals surface area contributed by atoms with Gasteiger partial charge in [0.1, 0.15) is 5.01 Å². The van der Waals surface area contributed by atoms with Crippen molar-refractivity contribution in [2.75, 3.05) is 13.1 Å². The SMILES string of the molecule is Cc1nnc(SC2CNC2)s1. The Balaban J connectivity index is 1.95. The third-order valence-corrected chi connectivity index (χ3v) is 3.64. The molecular formula is C6H9N3S2. The maximum atomic E-state index is 4.04. The molecule has 2 heterocycles. The minimum atomic E-state index is 0.724. The fourth-order valence-electron chi connectivity index (χ4n) is 0.814. The van der Waals surface area contributed by atoms with Gasteiger partial charge in [0, 0.05) is 18.3 Å². The highest BCUT2D eigenvalue weighted by atomic mass is 32.2. The summed E-state index contributed by atoms with van der Waals surface area (Å²) in [5.41, 5.74) is 0. The second kappa shape index (κ2) is 3.08. The molecule has 5 heteroatoms. The first-order valence-electron chi connectivity index (χ1n) is 3.52. The summed E-state index contributed by atoms with van der Waals surface area (Å²) in [5, 5.41) is 13.0. The summed E-state index contributed by atoms with van der Waals surface area (Å²) in [6.07, 6.45) is 0. The van der Waals surface area contributed by atoms with Gasteiger partial charge >= 0.3 is 0 Å². The zero-order chi connectivity index (χ0) is 7.68. The van der Waals surface area contributed by atoms with Crippen molar-refractivity contribution in [3.05, 3.63) is 5.01 Å². The predicted molar refractivity (Wildman–Crippen MR) is 47.2 cm³/mol. The fraction of sp³-hybridized carbons (Fsp3) is 0.667. The topological polar surface area (TPSA) is 37.8 Å². The molecule has 1 saturated heterocycles. The lowest BCUT2D eigenvalue weighted by molar-refractivity contribution is 0.543. The number of hydrogen-bond donors (Lipinski definition) is 1. The van der Waals surface area contributed by atoms with E-state index in [-0.39, 0.29) is 0 Å². The number of aryl methyl sites for hydroxylation is 1. The Hall–Kier alpha value is -0.130. The van der Waals surface area contributed by atoms with Crippen LogP contribution in [0.4, 0.5) is 0 Å². The molecule has 11 heavy (non-hydrogen) atoms. The molecule has 0 saturated carbocycles. The largest absolute Gasteiger partial charge is 0.314 e. The van der Waals surface area contributed by atoms with Gasteiger partial charge in [-0.05, 0) is 6.92 Å². The number of hydrogen-bond acceptors (Lipinski definition) is 5. The van der Waals surface area contributed by atoms with E-state index in [0.29, 0.717) is 0 Å². The Kier molecular flexibility index (Phi) is 2.11. The van der Waals surface area contributed by atoms with E-state index in [1.54, 1.807) is 11.3 Å². The maximum Gasteiger partial charge on any atom is 0.174 e. The van der Waals surface area contributed by atoms with Gasteiger partial charge in [0.15, 0.2) is 4.34 Å². The van der Waals surface area contributed by atoms with Crippen molar-refractivity contribution in [2.24, 2.45) is 0 Å². The molecule has 1 fully saturated rings. The quantitative estimate of drug-likeness (QED) is 0.747. The number of nitrogens with one attached hydrogen (secondary N) is 1. The van der Waals surface area contributed by atoms with E-state index in [1.165, 1.54) is 0 Å². The van der Waals surface area contributed by atoms with Crippen LogP contribution < -0.4 is 5.32 Å². The van der Waals surface area contributed by atoms with Gasteiger partial charge in [-0.25, -0.2) is 0 Å². The number of nitrogens with zero attached hydrogens (tertiary/aromatic N) is 2. The van der Waals surface area contributed by atoms with Crippen LogP contribution in [0.25, 0.3) is 0 Å². The van der Waals surface area contributed by atoms with Crippen molar-refractivity contribution < 1.29 is 0 Å². The Morgan fingerprint density at radius 1 is 1.55 bits per heavy atom.